The standard InChI is InChI=1S/C13H9N9/c1-22-7-4-15-5-17-11(7)21-13(22)10-9-12(18-6-16-9)20-8(19-10)2-3-14/h4-6H,2H2,1H3,(H,16,18,19,20). The minimum atomic E-state index is 0.111. The van der Waals surface area contributed by atoms with E-state index in [2.05, 4.69) is 34.9 Å². The molecule has 4 heterocycles. The Morgan fingerprint density at radius 1 is 1.23 bits per heavy atom. The van der Waals surface area contributed by atoms with Crippen LogP contribution in [0.2, 0.25) is 0 Å². The average Bonchev–Trinajstić information content (AvgIpc) is 3.12. The summed E-state index contributed by atoms with van der Waals surface area (Å²) >= 11 is 0. The molecule has 0 radical (unpaired) electrons. The highest BCUT2D eigenvalue weighted by Gasteiger charge is 2.18. The van der Waals surface area contributed by atoms with E-state index in [-0.39, 0.29) is 6.42 Å². The number of imidazole rings is 2. The van der Waals surface area contributed by atoms with Crippen molar-refractivity contribution in [3.05, 3.63) is 24.7 Å². The number of nitrogens with zero attached hydrogens (tertiary/aromatic N) is 8. The fourth-order valence-corrected chi connectivity index (χ4v) is 2.33. The Bertz CT molecular complexity index is 1040. The number of H-pyrrole nitrogens is 1. The average molecular weight is 291 g/mol. The monoisotopic (exact) mass is 291 g/mol. The summed E-state index contributed by atoms with van der Waals surface area (Å²) < 4.78 is 1.86. The van der Waals surface area contributed by atoms with Gasteiger partial charge in [0.05, 0.1) is 25.0 Å². The van der Waals surface area contributed by atoms with Gasteiger partial charge in [-0.3, -0.25) is 0 Å². The highest BCUT2D eigenvalue weighted by atomic mass is 15.1. The number of nitriles is 1. The van der Waals surface area contributed by atoms with Crippen LogP contribution in [-0.2, 0) is 13.5 Å². The van der Waals surface area contributed by atoms with Crippen LogP contribution >= 0.6 is 0 Å². The third-order valence-corrected chi connectivity index (χ3v) is 3.34. The van der Waals surface area contributed by atoms with E-state index < -0.39 is 0 Å². The Morgan fingerprint density at radius 3 is 2.95 bits per heavy atom. The Kier molecular flexibility index (Phi) is 2.56. The molecule has 0 saturated carbocycles. The van der Waals surface area contributed by atoms with Gasteiger partial charge in [-0.15, -0.1) is 0 Å². The molecule has 22 heavy (non-hydrogen) atoms. The molecule has 0 aliphatic heterocycles. The quantitative estimate of drug-likeness (QED) is 0.578. The molecule has 1 N–H and O–H groups in total. The second kappa shape index (κ2) is 4.56. The predicted molar refractivity (Wildman–Crippen MR) is 76.3 cm³/mol. The Balaban J connectivity index is 2.05. The molecule has 0 unspecified atom stereocenters. The number of rotatable bonds is 2. The van der Waals surface area contributed by atoms with Gasteiger partial charge in [0.2, 0.25) is 0 Å². The van der Waals surface area contributed by atoms with Gasteiger partial charge in [0.25, 0.3) is 0 Å². The first-order valence-electron chi connectivity index (χ1n) is 6.47. The molecule has 0 amide bonds. The molecular formula is C13H9N9. The number of aromatic amines is 1. The molecule has 0 saturated heterocycles. The fourth-order valence-electron chi connectivity index (χ4n) is 2.33. The zero-order valence-corrected chi connectivity index (χ0v) is 11.5. The van der Waals surface area contributed by atoms with E-state index in [0.717, 1.165) is 5.52 Å². The van der Waals surface area contributed by atoms with E-state index in [0.29, 0.717) is 34.2 Å². The second-order valence-electron chi connectivity index (χ2n) is 4.65. The Labute approximate surface area is 123 Å². The lowest BCUT2D eigenvalue weighted by molar-refractivity contribution is 0.935. The SMILES string of the molecule is Cn1c(-c2nc(CC#N)nc3nc[nH]c23)nc2ncncc21. The largest absolute Gasteiger partial charge is 0.341 e. The minimum Gasteiger partial charge on any atom is -0.341 e. The number of aromatic nitrogens is 8. The van der Waals surface area contributed by atoms with E-state index in [1.165, 1.54) is 6.33 Å². The summed E-state index contributed by atoms with van der Waals surface area (Å²) in [7, 11) is 1.86. The zero-order valence-electron chi connectivity index (χ0n) is 11.5. The Hall–Kier alpha value is -3.41. The van der Waals surface area contributed by atoms with Crippen LogP contribution in [0.15, 0.2) is 18.9 Å². The molecule has 0 atom stereocenters. The molecule has 0 aliphatic rings. The highest BCUT2D eigenvalue weighted by Crippen LogP contribution is 2.25. The van der Waals surface area contributed by atoms with Gasteiger partial charge >= 0.3 is 0 Å². The van der Waals surface area contributed by atoms with Gasteiger partial charge in [0, 0.05) is 7.05 Å². The first-order valence-corrected chi connectivity index (χ1v) is 6.47. The summed E-state index contributed by atoms with van der Waals surface area (Å²) in [5.41, 5.74) is 3.15. The summed E-state index contributed by atoms with van der Waals surface area (Å²) in [6.07, 6.45) is 4.80. The molecule has 106 valence electrons. The third-order valence-electron chi connectivity index (χ3n) is 3.34. The van der Waals surface area contributed by atoms with Crippen molar-refractivity contribution in [3.8, 4) is 17.6 Å². The second-order valence-corrected chi connectivity index (χ2v) is 4.65. The number of hydrogen-bond acceptors (Lipinski definition) is 7. The molecule has 4 aromatic heterocycles. The van der Waals surface area contributed by atoms with Gasteiger partial charge in [0.1, 0.15) is 28.9 Å². The molecule has 0 fully saturated rings. The lowest BCUT2D eigenvalue weighted by atomic mass is 10.3. The maximum Gasteiger partial charge on any atom is 0.181 e. The van der Waals surface area contributed by atoms with Crippen LogP contribution in [-0.4, -0.2) is 39.5 Å². The maximum atomic E-state index is 8.88. The van der Waals surface area contributed by atoms with Crippen molar-refractivity contribution < 1.29 is 0 Å². The van der Waals surface area contributed by atoms with Crippen molar-refractivity contribution in [1.82, 2.24) is 39.5 Å². The van der Waals surface area contributed by atoms with Crippen LogP contribution in [0, 0.1) is 11.3 Å². The number of nitrogens with one attached hydrogen (secondary N) is 1. The first-order chi connectivity index (χ1) is 10.8. The van der Waals surface area contributed by atoms with Gasteiger partial charge in [-0.25, -0.2) is 29.9 Å². The summed E-state index contributed by atoms with van der Waals surface area (Å²) in [4.78, 5) is 28.5. The van der Waals surface area contributed by atoms with Crippen molar-refractivity contribution >= 4 is 22.3 Å². The lowest BCUT2D eigenvalue weighted by Crippen LogP contribution is -2.01. The summed E-state index contributed by atoms with van der Waals surface area (Å²) in [6.45, 7) is 0. The number of aryl methyl sites for hydroxylation is 1. The molecule has 4 rings (SSSR count). The first kappa shape index (κ1) is 12.3. The lowest BCUT2D eigenvalue weighted by Gasteiger charge is -2.04. The van der Waals surface area contributed by atoms with E-state index in [9.17, 15) is 0 Å². The summed E-state index contributed by atoms with van der Waals surface area (Å²) in [6, 6.07) is 2.05. The molecule has 0 bridgehead atoms. The predicted octanol–water partition coefficient (Wildman–Crippen LogP) is 0.763. The van der Waals surface area contributed by atoms with Crippen LogP contribution in [0.3, 0.4) is 0 Å². The third kappa shape index (κ3) is 1.71. The molecule has 4 aromatic rings. The minimum absolute atomic E-state index is 0.111. The summed E-state index contributed by atoms with van der Waals surface area (Å²) in [5, 5.41) is 8.88. The van der Waals surface area contributed by atoms with Gasteiger partial charge in [-0.05, 0) is 0 Å². The van der Waals surface area contributed by atoms with Crippen molar-refractivity contribution in [2.24, 2.45) is 7.05 Å². The van der Waals surface area contributed by atoms with Crippen LogP contribution in [0.4, 0.5) is 0 Å². The maximum absolute atomic E-state index is 8.88. The van der Waals surface area contributed by atoms with E-state index in [1.54, 1.807) is 12.5 Å². The van der Waals surface area contributed by atoms with Crippen LogP contribution < -0.4 is 0 Å². The fraction of sp³-hybridized carbons (Fsp3) is 0.154. The molecule has 9 nitrogen and oxygen atoms in total. The molecule has 9 heteroatoms. The normalized spacial score (nSPS) is 11.1. The zero-order chi connectivity index (χ0) is 15.1. The van der Waals surface area contributed by atoms with Crippen LogP contribution in [0.1, 0.15) is 5.82 Å². The van der Waals surface area contributed by atoms with Crippen LogP contribution in [0.5, 0.6) is 0 Å². The van der Waals surface area contributed by atoms with Crippen LogP contribution in [0.25, 0.3) is 33.8 Å². The number of hydrogen-bond donors (Lipinski definition) is 1. The molecule has 0 spiro atoms. The van der Waals surface area contributed by atoms with Gasteiger partial charge in [0.15, 0.2) is 17.1 Å². The molecular weight excluding hydrogens is 282 g/mol. The smallest absolute Gasteiger partial charge is 0.181 e. The van der Waals surface area contributed by atoms with Crippen molar-refractivity contribution in [3.63, 3.8) is 0 Å². The van der Waals surface area contributed by atoms with E-state index >= 15 is 0 Å². The topological polar surface area (TPSA) is 122 Å². The molecule has 0 aromatic carbocycles. The summed E-state index contributed by atoms with van der Waals surface area (Å²) in [5.74, 6) is 1.03. The number of fused-ring (bicyclic) bond motifs is 2. The highest BCUT2D eigenvalue weighted by molar-refractivity contribution is 5.87. The van der Waals surface area contributed by atoms with Gasteiger partial charge in [-0.2, -0.15) is 5.26 Å². The molecule has 0 aliphatic carbocycles. The van der Waals surface area contributed by atoms with Gasteiger partial charge < -0.3 is 9.55 Å². The van der Waals surface area contributed by atoms with Crippen molar-refractivity contribution in [2.75, 3.05) is 0 Å². The van der Waals surface area contributed by atoms with E-state index in [1.807, 2.05) is 17.7 Å². The van der Waals surface area contributed by atoms with Crippen molar-refractivity contribution in [2.45, 2.75) is 6.42 Å². The van der Waals surface area contributed by atoms with Gasteiger partial charge in [-0.1, -0.05) is 0 Å². The van der Waals surface area contributed by atoms with Crippen molar-refractivity contribution in [1.29, 1.82) is 5.26 Å². The Morgan fingerprint density at radius 2 is 2.14 bits per heavy atom. The van der Waals surface area contributed by atoms with E-state index in [4.69, 9.17) is 5.26 Å².